The molecular formula is C14H17BrN2S. The fourth-order valence-corrected chi connectivity index (χ4v) is 4.21. The van der Waals surface area contributed by atoms with Crippen LogP contribution in [0.4, 0.5) is 0 Å². The van der Waals surface area contributed by atoms with Gasteiger partial charge in [-0.25, -0.2) is 4.98 Å². The van der Waals surface area contributed by atoms with E-state index in [0.717, 1.165) is 29.3 Å². The molecule has 2 nitrogen and oxygen atoms in total. The molecule has 0 bridgehead atoms. The van der Waals surface area contributed by atoms with E-state index in [1.807, 2.05) is 0 Å². The van der Waals surface area contributed by atoms with Gasteiger partial charge in [0.15, 0.2) is 0 Å². The van der Waals surface area contributed by atoms with Crippen molar-refractivity contribution >= 4 is 37.5 Å². The minimum Gasteiger partial charge on any atom is -0.325 e. The van der Waals surface area contributed by atoms with E-state index in [1.165, 1.54) is 29.0 Å². The van der Waals surface area contributed by atoms with E-state index < -0.39 is 0 Å². The summed E-state index contributed by atoms with van der Waals surface area (Å²) in [6, 6.07) is 6.28. The lowest BCUT2D eigenvalue weighted by Crippen LogP contribution is -2.43. The molecule has 0 radical (unpaired) electrons. The molecule has 0 atom stereocenters. The quantitative estimate of drug-likeness (QED) is 0.896. The van der Waals surface area contributed by atoms with Crippen molar-refractivity contribution in [1.29, 1.82) is 0 Å². The van der Waals surface area contributed by atoms with Crippen molar-refractivity contribution in [3.05, 3.63) is 27.7 Å². The summed E-state index contributed by atoms with van der Waals surface area (Å²) in [7, 11) is 0. The summed E-state index contributed by atoms with van der Waals surface area (Å²) in [5.74, 6) is 0. The highest BCUT2D eigenvalue weighted by Gasteiger charge is 2.28. The Kier molecular flexibility index (Phi) is 3.43. The Balaban J connectivity index is 1.86. The second-order valence-electron chi connectivity index (χ2n) is 5.32. The summed E-state index contributed by atoms with van der Waals surface area (Å²) < 4.78 is 2.35. The molecule has 1 aromatic carbocycles. The summed E-state index contributed by atoms with van der Waals surface area (Å²) in [5.41, 5.74) is 7.58. The van der Waals surface area contributed by atoms with Crippen molar-refractivity contribution in [1.82, 2.24) is 4.98 Å². The number of thiazole rings is 1. The number of rotatable bonds is 2. The Hall–Kier alpha value is -0.450. The third-order valence-corrected chi connectivity index (χ3v) is 5.28. The Bertz CT molecular complexity index is 558. The predicted molar refractivity (Wildman–Crippen MR) is 81.0 cm³/mol. The lowest BCUT2D eigenvalue weighted by atomic mass is 9.80. The van der Waals surface area contributed by atoms with Crippen molar-refractivity contribution in [3.8, 4) is 0 Å². The monoisotopic (exact) mass is 324 g/mol. The fourth-order valence-electron chi connectivity index (χ4n) is 2.76. The molecule has 0 unspecified atom stereocenters. The first-order chi connectivity index (χ1) is 8.65. The van der Waals surface area contributed by atoms with Crippen LogP contribution in [0.5, 0.6) is 0 Å². The van der Waals surface area contributed by atoms with Crippen LogP contribution in [-0.2, 0) is 6.42 Å². The average molecular weight is 325 g/mol. The van der Waals surface area contributed by atoms with Gasteiger partial charge in [-0.05, 0) is 31.0 Å². The molecule has 3 rings (SSSR count). The number of benzene rings is 1. The number of hydrogen-bond donors (Lipinski definition) is 1. The minimum atomic E-state index is -0.0106. The second kappa shape index (κ2) is 4.91. The van der Waals surface area contributed by atoms with E-state index in [0.29, 0.717) is 0 Å². The Morgan fingerprint density at radius 1 is 1.28 bits per heavy atom. The maximum absolute atomic E-state index is 6.50. The summed E-state index contributed by atoms with van der Waals surface area (Å²) in [4.78, 5) is 4.72. The van der Waals surface area contributed by atoms with E-state index in [1.54, 1.807) is 11.3 Å². The summed E-state index contributed by atoms with van der Waals surface area (Å²) in [5, 5.41) is 1.19. The van der Waals surface area contributed by atoms with Crippen LogP contribution in [0.2, 0.25) is 0 Å². The predicted octanol–water partition coefficient (Wildman–Crippen LogP) is 4.26. The molecule has 1 saturated carbocycles. The molecule has 1 fully saturated rings. The highest BCUT2D eigenvalue weighted by atomic mass is 79.9. The lowest BCUT2D eigenvalue weighted by Gasteiger charge is -2.32. The lowest BCUT2D eigenvalue weighted by molar-refractivity contribution is 0.294. The number of aromatic nitrogens is 1. The first-order valence-corrected chi connectivity index (χ1v) is 8.09. The number of nitrogens with two attached hydrogens (primary N) is 1. The zero-order chi connectivity index (χ0) is 12.6. The van der Waals surface area contributed by atoms with Crippen LogP contribution in [0.1, 0.15) is 37.1 Å². The SMILES string of the molecule is NC1(Cc2nc3cc(Br)ccc3s2)CCCCC1. The molecule has 2 N–H and O–H groups in total. The van der Waals surface area contributed by atoms with Crippen molar-refractivity contribution in [2.75, 3.05) is 0 Å². The molecule has 2 aromatic rings. The van der Waals surface area contributed by atoms with Gasteiger partial charge >= 0.3 is 0 Å². The van der Waals surface area contributed by atoms with Gasteiger partial charge in [0, 0.05) is 16.4 Å². The molecule has 1 aromatic heterocycles. The van der Waals surface area contributed by atoms with Crippen LogP contribution < -0.4 is 5.73 Å². The van der Waals surface area contributed by atoms with E-state index in [-0.39, 0.29) is 5.54 Å². The first-order valence-electron chi connectivity index (χ1n) is 6.49. The molecule has 1 aliphatic carbocycles. The number of fused-ring (bicyclic) bond motifs is 1. The zero-order valence-electron chi connectivity index (χ0n) is 10.3. The Morgan fingerprint density at radius 2 is 2.06 bits per heavy atom. The van der Waals surface area contributed by atoms with Gasteiger partial charge in [-0.3, -0.25) is 0 Å². The third kappa shape index (κ3) is 2.60. The van der Waals surface area contributed by atoms with Crippen LogP contribution >= 0.6 is 27.3 Å². The molecule has 0 amide bonds. The molecule has 18 heavy (non-hydrogen) atoms. The molecule has 0 aliphatic heterocycles. The highest BCUT2D eigenvalue weighted by Crippen LogP contribution is 2.32. The van der Waals surface area contributed by atoms with Gasteiger partial charge in [-0.15, -0.1) is 11.3 Å². The zero-order valence-corrected chi connectivity index (χ0v) is 12.7. The maximum atomic E-state index is 6.50. The van der Waals surface area contributed by atoms with Crippen molar-refractivity contribution in [3.63, 3.8) is 0 Å². The van der Waals surface area contributed by atoms with Gasteiger partial charge in [0.05, 0.1) is 15.2 Å². The van der Waals surface area contributed by atoms with E-state index in [4.69, 9.17) is 10.7 Å². The van der Waals surface area contributed by atoms with E-state index in [2.05, 4.69) is 34.1 Å². The summed E-state index contributed by atoms with van der Waals surface area (Å²) in [6.45, 7) is 0. The topological polar surface area (TPSA) is 38.9 Å². The first kappa shape index (κ1) is 12.6. The smallest absolute Gasteiger partial charge is 0.0956 e. The molecule has 1 aliphatic rings. The summed E-state index contributed by atoms with van der Waals surface area (Å²) >= 11 is 5.28. The van der Waals surface area contributed by atoms with Crippen LogP contribution in [-0.4, -0.2) is 10.5 Å². The fraction of sp³-hybridized carbons (Fsp3) is 0.500. The number of nitrogens with zero attached hydrogens (tertiary/aromatic N) is 1. The molecule has 0 saturated heterocycles. The van der Waals surface area contributed by atoms with Crippen LogP contribution in [0.25, 0.3) is 10.2 Å². The van der Waals surface area contributed by atoms with Crippen molar-refractivity contribution in [2.45, 2.75) is 44.1 Å². The van der Waals surface area contributed by atoms with Crippen LogP contribution in [0.3, 0.4) is 0 Å². The maximum Gasteiger partial charge on any atom is 0.0956 e. The normalized spacial score (nSPS) is 19.2. The number of halogens is 1. The number of hydrogen-bond acceptors (Lipinski definition) is 3. The minimum absolute atomic E-state index is 0.0106. The summed E-state index contributed by atoms with van der Waals surface area (Å²) in [6.07, 6.45) is 7.11. The van der Waals surface area contributed by atoms with Crippen LogP contribution in [0, 0.1) is 0 Å². The van der Waals surface area contributed by atoms with Crippen molar-refractivity contribution < 1.29 is 0 Å². The van der Waals surface area contributed by atoms with Gasteiger partial charge in [0.2, 0.25) is 0 Å². The van der Waals surface area contributed by atoms with Gasteiger partial charge < -0.3 is 5.73 Å². The van der Waals surface area contributed by atoms with Gasteiger partial charge in [0.1, 0.15) is 0 Å². The molecule has 96 valence electrons. The van der Waals surface area contributed by atoms with Gasteiger partial charge in [-0.2, -0.15) is 0 Å². The van der Waals surface area contributed by atoms with Crippen LogP contribution in [0.15, 0.2) is 22.7 Å². The molecule has 4 heteroatoms. The van der Waals surface area contributed by atoms with E-state index >= 15 is 0 Å². The molecule has 1 heterocycles. The molecular weight excluding hydrogens is 308 g/mol. The van der Waals surface area contributed by atoms with Gasteiger partial charge in [0.25, 0.3) is 0 Å². The Labute approximate surface area is 120 Å². The average Bonchev–Trinajstić information content (AvgIpc) is 2.70. The van der Waals surface area contributed by atoms with E-state index in [9.17, 15) is 0 Å². The molecule has 0 spiro atoms. The Morgan fingerprint density at radius 3 is 2.83 bits per heavy atom. The standard InChI is InChI=1S/C14H17BrN2S/c15-10-4-5-12-11(8-10)17-13(18-12)9-14(16)6-2-1-3-7-14/h4-5,8H,1-3,6-7,9,16H2. The van der Waals surface area contributed by atoms with Gasteiger partial charge in [-0.1, -0.05) is 35.2 Å². The third-order valence-electron chi connectivity index (χ3n) is 3.75. The largest absolute Gasteiger partial charge is 0.325 e. The second-order valence-corrected chi connectivity index (χ2v) is 7.35. The highest BCUT2D eigenvalue weighted by molar-refractivity contribution is 9.10. The van der Waals surface area contributed by atoms with Crippen molar-refractivity contribution in [2.24, 2.45) is 5.73 Å².